The average molecular weight is 385 g/mol. The van der Waals surface area contributed by atoms with Gasteiger partial charge >= 0.3 is 0 Å². The average Bonchev–Trinajstić information content (AvgIpc) is 3.03. The Morgan fingerprint density at radius 2 is 1.79 bits per heavy atom. The minimum absolute atomic E-state index is 0.0488. The Balaban J connectivity index is 1.31. The van der Waals surface area contributed by atoms with E-state index in [1.165, 1.54) is 0 Å². The van der Waals surface area contributed by atoms with Crippen molar-refractivity contribution in [3.63, 3.8) is 0 Å². The summed E-state index contributed by atoms with van der Waals surface area (Å²) in [7, 11) is 0. The predicted molar refractivity (Wildman–Crippen MR) is 115 cm³/mol. The van der Waals surface area contributed by atoms with Crippen molar-refractivity contribution in [1.82, 2.24) is 4.90 Å². The summed E-state index contributed by atoms with van der Waals surface area (Å²) in [5.41, 5.74) is 2.57. The van der Waals surface area contributed by atoms with Gasteiger partial charge in [-0.2, -0.15) is 0 Å². The number of carbonyl (C=O) groups is 2. The third-order valence-electron chi connectivity index (χ3n) is 5.91. The van der Waals surface area contributed by atoms with E-state index in [2.05, 4.69) is 10.2 Å². The van der Waals surface area contributed by atoms with Gasteiger partial charge in [-0.15, -0.1) is 0 Å². The number of benzene rings is 3. The van der Waals surface area contributed by atoms with Gasteiger partial charge in [-0.1, -0.05) is 42.5 Å². The molecule has 3 aromatic carbocycles. The van der Waals surface area contributed by atoms with Crippen LogP contribution in [0.25, 0.3) is 10.8 Å². The molecule has 1 saturated heterocycles. The molecular formula is C24H23N3O2. The Bertz CT molecular complexity index is 1070. The number of carbonyl (C=O) groups excluding carboxylic acids is 2. The highest BCUT2D eigenvalue weighted by molar-refractivity contribution is 6.24. The van der Waals surface area contributed by atoms with Crippen molar-refractivity contribution in [3.05, 3.63) is 72.3 Å². The number of nitrogens with one attached hydrogen (secondary N) is 1. The standard InChI is InChI=1S/C24H23N3O2/c28-23(25-19-10-2-1-3-11-19)18-9-6-14-26(15-18)16-27-21-13-5-8-17-7-4-12-20(22(17)21)24(27)29/h1-5,7-8,10-13,18H,6,9,14-16H2,(H,25,28)/t18-/m1/s1. The van der Waals surface area contributed by atoms with Crippen LogP contribution >= 0.6 is 0 Å². The van der Waals surface area contributed by atoms with Gasteiger partial charge in [-0.3, -0.25) is 19.4 Å². The van der Waals surface area contributed by atoms with E-state index in [9.17, 15) is 9.59 Å². The number of hydrogen-bond donors (Lipinski definition) is 1. The minimum atomic E-state index is -0.0696. The number of nitrogens with zero attached hydrogens (tertiary/aromatic N) is 2. The normalized spacial score (nSPS) is 19.0. The zero-order valence-corrected chi connectivity index (χ0v) is 16.2. The largest absolute Gasteiger partial charge is 0.326 e. The fourth-order valence-corrected chi connectivity index (χ4v) is 4.48. The first kappa shape index (κ1) is 17.9. The molecule has 5 rings (SSSR count). The molecule has 2 aliphatic heterocycles. The maximum Gasteiger partial charge on any atom is 0.260 e. The SMILES string of the molecule is O=C(Nc1ccccc1)[C@@H]1CCCN(CN2C(=O)c3cccc4cccc2c34)C1. The van der Waals surface area contributed by atoms with Crippen molar-refractivity contribution in [2.75, 3.05) is 30.0 Å². The molecule has 5 heteroatoms. The Morgan fingerprint density at radius 3 is 2.62 bits per heavy atom. The van der Waals surface area contributed by atoms with Gasteiger partial charge in [0, 0.05) is 23.2 Å². The van der Waals surface area contributed by atoms with Gasteiger partial charge in [-0.05, 0) is 49.0 Å². The quantitative estimate of drug-likeness (QED) is 0.735. The Hall–Kier alpha value is -3.18. The highest BCUT2D eigenvalue weighted by atomic mass is 16.2. The van der Waals surface area contributed by atoms with E-state index in [1.54, 1.807) is 0 Å². The summed E-state index contributed by atoms with van der Waals surface area (Å²) in [6, 6.07) is 21.5. The Morgan fingerprint density at radius 1 is 1.00 bits per heavy atom. The van der Waals surface area contributed by atoms with Crippen molar-refractivity contribution in [1.29, 1.82) is 0 Å². The van der Waals surface area contributed by atoms with Crippen LogP contribution in [0.5, 0.6) is 0 Å². The van der Waals surface area contributed by atoms with Crippen molar-refractivity contribution in [3.8, 4) is 0 Å². The number of piperidine rings is 1. The second-order valence-corrected chi connectivity index (χ2v) is 7.83. The van der Waals surface area contributed by atoms with Gasteiger partial charge in [0.15, 0.2) is 0 Å². The zero-order valence-electron chi connectivity index (χ0n) is 16.2. The first-order valence-corrected chi connectivity index (χ1v) is 10.1. The number of rotatable bonds is 4. The molecule has 0 spiro atoms. The molecule has 3 aromatic rings. The van der Waals surface area contributed by atoms with Gasteiger partial charge < -0.3 is 5.32 Å². The zero-order chi connectivity index (χ0) is 19.8. The number of amides is 2. The van der Waals surface area contributed by atoms with Crippen molar-refractivity contribution in [2.24, 2.45) is 5.92 Å². The fraction of sp³-hybridized carbons (Fsp3) is 0.250. The van der Waals surface area contributed by atoms with E-state index >= 15 is 0 Å². The van der Waals surface area contributed by atoms with E-state index < -0.39 is 0 Å². The van der Waals surface area contributed by atoms with E-state index in [4.69, 9.17) is 0 Å². The van der Waals surface area contributed by atoms with Crippen LogP contribution in [0.4, 0.5) is 11.4 Å². The molecule has 0 radical (unpaired) electrons. The number of anilines is 2. The van der Waals surface area contributed by atoms with Gasteiger partial charge in [0.2, 0.25) is 5.91 Å². The summed E-state index contributed by atoms with van der Waals surface area (Å²) in [4.78, 5) is 29.8. The lowest BCUT2D eigenvalue weighted by molar-refractivity contribution is -0.121. The van der Waals surface area contributed by atoms with Crippen LogP contribution in [-0.2, 0) is 4.79 Å². The number of hydrogen-bond acceptors (Lipinski definition) is 3. The van der Waals surface area contributed by atoms with Crippen LogP contribution in [0, 0.1) is 5.92 Å². The van der Waals surface area contributed by atoms with Gasteiger partial charge in [0.05, 0.1) is 18.3 Å². The number of likely N-dealkylation sites (tertiary alicyclic amines) is 1. The highest BCUT2D eigenvalue weighted by Gasteiger charge is 2.33. The summed E-state index contributed by atoms with van der Waals surface area (Å²) in [6.07, 6.45) is 1.82. The second-order valence-electron chi connectivity index (χ2n) is 7.83. The molecule has 1 N–H and O–H groups in total. The molecule has 146 valence electrons. The van der Waals surface area contributed by atoms with Crippen LogP contribution in [0.3, 0.4) is 0 Å². The first-order chi connectivity index (χ1) is 14.2. The molecule has 2 amide bonds. The predicted octanol–water partition coefficient (Wildman–Crippen LogP) is 4.11. The highest BCUT2D eigenvalue weighted by Crippen LogP contribution is 2.37. The Kier molecular flexibility index (Phi) is 4.52. The van der Waals surface area contributed by atoms with E-state index in [-0.39, 0.29) is 17.7 Å². The van der Waals surface area contributed by atoms with Crippen molar-refractivity contribution in [2.45, 2.75) is 12.8 Å². The third kappa shape index (κ3) is 3.28. The Labute approximate surface area is 169 Å². The van der Waals surface area contributed by atoms with Crippen molar-refractivity contribution < 1.29 is 9.59 Å². The summed E-state index contributed by atoms with van der Waals surface area (Å²) < 4.78 is 0. The molecule has 0 aromatic heterocycles. The van der Waals surface area contributed by atoms with Crippen LogP contribution in [0.2, 0.25) is 0 Å². The van der Waals surface area contributed by atoms with Crippen LogP contribution in [0.15, 0.2) is 66.7 Å². The molecule has 5 nitrogen and oxygen atoms in total. The van der Waals surface area contributed by atoms with Gasteiger partial charge in [0.1, 0.15) is 0 Å². The monoisotopic (exact) mass is 385 g/mol. The van der Waals surface area contributed by atoms with Gasteiger partial charge in [0.25, 0.3) is 5.91 Å². The fourth-order valence-electron chi connectivity index (χ4n) is 4.48. The lowest BCUT2D eigenvalue weighted by Gasteiger charge is -2.34. The molecule has 29 heavy (non-hydrogen) atoms. The molecule has 0 saturated carbocycles. The molecule has 2 heterocycles. The summed E-state index contributed by atoms with van der Waals surface area (Å²) in [5.74, 6) is 0.0338. The molecule has 0 aliphatic carbocycles. The molecule has 0 unspecified atom stereocenters. The van der Waals surface area contributed by atoms with Crippen LogP contribution in [-0.4, -0.2) is 36.5 Å². The van der Waals surface area contributed by atoms with Crippen molar-refractivity contribution >= 4 is 34.0 Å². The molecule has 1 fully saturated rings. The summed E-state index contributed by atoms with van der Waals surface area (Å²) >= 11 is 0. The van der Waals surface area contributed by atoms with E-state index in [1.807, 2.05) is 71.6 Å². The smallest absolute Gasteiger partial charge is 0.260 e. The summed E-state index contributed by atoms with van der Waals surface area (Å²) in [6.45, 7) is 2.07. The van der Waals surface area contributed by atoms with Gasteiger partial charge in [-0.25, -0.2) is 0 Å². The molecule has 0 bridgehead atoms. The minimum Gasteiger partial charge on any atom is -0.326 e. The first-order valence-electron chi connectivity index (χ1n) is 10.1. The number of para-hydroxylation sites is 1. The third-order valence-corrected chi connectivity index (χ3v) is 5.91. The maximum absolute atomic E-state index is 13.0. The summed E-state index contributed by atoms with van der Waals surface area (Å²) in [5, 5.41) is 5.15. The lowest BCUT2D eigenvalue weighted by atomic mass is 9.97. The molecular weight excluding hydrogens is 362 g/mol. The van der Waals surface area contributed by atoms with E-state index in [0.29, 0.717) is 13.2 Å². The topological polar surface area (TPSA) is 52.7 Å². The molecule has 2 aliphatic rings. The molecule has 1 atom stereocenters. The second kappa shape index (κ2) is 7.33. The van der Waals surface area contributed by atoms with E-state index in [0.717, 1.165) is 47.1 Å². The van der Waals surface area contributed by atoms with Crippen LogP contribution in [0.1, 0.15) is 23.2 Å². The lowest BCUT2D eigenvalue weighted by Crippen LogP contribution is -2.46. The maximum atomic E-state index is 13.0. The van der Waals surface area contributed by atoms with Crippen LogP contribution < -0.4 is 10.2 Å².